The Morgan fingerprint density at radius 2 is 1.96 bits per heavy atom. The van der Waals surface area contributed by atoms with Crippen molar-refractivity contribution in [1.29, 1.82) is 0 Å². The molecule has 1 amide bonds. The molecule has 0 saturated carbocycles. The summed E-state index contributed by atoms with van der Waals surface area (Å²) in [6, 6.07) is 4.94. The van der Waals surface area contributed by atoms with Crippen LogP contribution in [-0.4, -0.2) is 47.0 Å². The minimum atomic E-state index is -2.55. The van der Waals surface area contributed by atoms with Crippen molar-refractivity contribution in [3.05, 3.63) is 35.8 Å². The standard InChI is InChI=1S/C19H22F3N3O/c1-24-13-3-4-14(24)8-12(7-13)23-19(26)16-9-25(10-18(21)22)17-5-2-11(20)6-15(16)17/h2,5-6,9,12-14,18H,3-4,7-8,10H2,1H3,(H,23,26)/t12?,13-,14+. The summed E-state index contributed by atoms with van der Waals surface area (Å²) < 4.78 is 40.7. The van der Waals surface area contributed by atoms with Crippen LogP contribution in [0.15, 0.2) is 24.4 Å². The molecular weight excluding hydrogens is 343 g/mol. The second-order valence-electron chi connectivity index (χ2n) is 7.44. The summed E-state index contributed by atoms with van der Waals surface area (Å²) in [5, 5.41) is 3.42. The van der Waals surface area contributed by atoms with E-state index in [1.165, 1.54) is 29.0 Å². The minimum absolute atomic E-state index is 0.0678. The zero-order chi connectivity index (χ0) is 18.4. The summed E-state index contributed by atoms with van der Waals surface area (Å²) in [5.41, 5.74) is 0.701. The van der Waals surface area contributed by atoms with Crippen LogP contribution in [0, 0.1) is 5.82 Å². The van der Waals surface area contributed by atoms with Crippen molar-refractivity contribution >= 4 is 16.8 Å². The predicted octanol–water partition coefficient (Wildman–Crippen LogP) is 3.40. The summed E-state index contributed by atoms with van der Waals surface area (Å²) in [7, 11) is 2.13. The molecule has 0 aliphatic carbocycles. The molecule has 2 fully saturated rings. The Labute approximate surface area is 150 Å². The summed E-state index contributed by atoms with van der Waals surface area (Å²) in [6.07, 6.45) is 2.94. The van der Waals surface area contributed by atoms with Gasteiger partial charge in [-0.1, -0.05) is 0 Å². The van der Waals surface area contributed by atoms with E-state index in [0.717, 1.165) is 25.7 Å². The molecule has 4 nitrogen and oxygen atoms in total. The highest BCUT2D eigenvalue weighted by atomic mass is 19.3. The fraction of sp³-hybridized carbons (Fsp3) is 0.526. The first kappa shape index (κ1) is 17.4. The van der Waals surface area contributed by atoms with Crippen molar-refractivity contribution < 1.29 is 18.0 Å². The van der Waals surface area contributed by atoms with Crippen LogP contribution in [0.1, 0.15) is 36.0 Å². The van der Waals surface area contributed by atoms with Crippen molar-refractivity contribution in [2.45, 2.75) is 56.8 Å². The third-order valence-electron chi connectivity index (χ3n) is 5.86. The number of halogens is 3. The minimum Gasteiger partial charge on any atom is -0.349 e. The van der Waals surface area contributed by atoms with E-state index in [1.54, 1.807) is 0 Å². The van der Waals surface area contributed by atoms with Gasteiger partial charge in [0.05, 0.1) is 12.1 Å². The Morgan fingerprint density at radius 3 is 2.62 bits per heavy atom. The number of carbonyl (C=O) groups excluding carboxylic acids is 1. The van der Waals surface area contributed by atoms with Crippen molar-refractivity contribution in [3.8, 4) is 0 Å². The molecule has 0 spiro atoms. The lowest BCUT2D eigenvalue weighted by molar-refractivity contribution is 0.0882. The van der Waals surface area contributed by atoms with Gasteiger partial charge in [-0.2, -0.15) is 0 Å². The molecule has 2 aliphatic heterocycles. The number of amides is 1. The Balaban J connectivity index is 1.59. The van der Waals surface area contributed by atoms with E-state index in [0.29, 0.717) is 23.0 Å². The van der Waals surface area contributed by atoms with Gasteiger partial charge in [0, 0.05) is 35.2 Å². The Hall–Kier alpha value is -2.02. The van der Waals surface area contributed by atoms with Crippen LogP contribution >= 0.6 is 0 Å². The fourth-order valence-electron chi connectivity index (χ4n) is 4.54. The van der Waals surface area contributed by atoms with E-state index in [9.17, 15) is 18.0 Å². The maximum atomic E-state index is 13.7. The van der Waals surface area contributed by atoms with Crippen molar-refractivity contribution in [2.24, 2.45) is 0 Å². The molecule has 2 aromatic rings. The maximum Gasteiger partial charge on any atom is 0.256 e. The molecule has 7 heteroatoms. The number of aromatic nitrogens is 1. The van der Waals surface area contributed by atoms with Gasteiger partial charge in [-0.25, -0.2) is 13.2 Å². The molecule has 1 N–H and O–H groups in total. The summed E-state index contributed by atoms with van der Waals surface area (Å²) in [5.74, 6) is -0.804. The second-order valence-corrected chi connectivity index (χ2v) is 7.44. The van der Waals surface area contributed by atoms with E-state index in [-0.39, 0.29) is 17.5 Å². The number of nitrogens with one attached hydrogen (secondary N) is 1. The summed E-state index contributed by atoms with van der Waals surface area (Å²) >= 11 is 0. The molecule has 2 bridgehead atoms. The SMILES string of the molecule is CN1[C@@H]2CC[C@H]1CC(NC(=O)c1cn(CC(F)F)c3ccc(F)cc13)C2. The Kier molecular flexibility index (Phi) is 4.42. The summed E-state index contributed by atoms with van der Waals surface area (Å²) in [4.78, 5) is 15.2. The van der Waals surface area contributed by atoms with Crippen LogP contribution in [-0.2, 0) is 6.54 Å². The zero-order valence-corrected chi connectivity index (χ0v) is 14.6. The van der Waals surface area contributed by atoms with Gasteiger partial charge in [-0.15, -0.1) is 0 Å². The molecule has 140 valence electrons. The molecular formula is C19H22F3N3O. The van der Waals surface area contributed by atoms with Crippen LogP contribution in [0.5, 0.6) is 0 Å². The van der Waals surface area contributed by atoms with Crippen LogP contribution in [0.25, 0.3) is 10.9 Å². The topological polar surface area (TPSA) is 37.3 Å². The average Bonchev–Trinajstić information content (AvgIpc) is 3.00. The smallest absolute Gasteiger partial charge is 0.256 e. The van der Waals surface area contributed by atoms with Crippen molar-refractivity contribution in [2.75, 3.05) is 7.05 Å². The summed E-state index contributed by atoms with van der Waals surface area (Å²) in [6.45, 7) is -0.520. The largest absolute Gasteiger partial charge is 0.349 e. The molecule has 0 radical (unpaired) electrons. The highest BCUT2D eigenvalue weighted by Crippen LogP contribution is 2.34. The van der Waals surface area contributed by atoms with Gasteiger partial charge in [0.2, 0.25) is 0 Å². The number of carbonyl (C=O) groups is 1. The van der Waals surface area contributed by atoms with Gasteiger partial charge in [-0.3, -0.25) is 4.79 Å². The molecule has 4 rings (SSSR count). The molecule has 1 unspecified atom stereocenters. The van der Waals surface area contributed by atoms with Gasteiger partial charge in [0.15, 0.2) is 0 Å². The molecule has 2 saturated heterocycles. The third-order valence-corrected chi connectivity index (χ3v) is 5.86. The second kappa shape index (κ2) is 6.61. The third kappa shape index (κ3) is 3.09. The number of hydrogen-bond acceptors (Lipinski definition) is 2. The van der Waals surface area contributed by atoms with Gasteiger partial charge >= 0.3 is 0 Å². The highest BCUT2D eigenvalue weighted by molar-refractivity contribution is 6.07. The van der Waals surface area contributed by atoms with E-state index in [2.05, 4.69) is 17.3 Å². The van der Waals surface area contributed by atoms with Crippen LogP contribution in [0.3, 0.4) is 0 Å². The van der Waals surface area contributed by atoms with Crippen LogP contribution in [0.4, 0.5) is 13.2 Å². The van der Waals surface area contributed by atoms with Crippen LogP contribution in [0.2, 0.25) is 0 Å². The highest BCUT2D eigenvalue weighted by Gasteiger charge is 2.39. The quantitative estimate of drug-likeness (QED) is 0.902. The number of nitrogens with zero attached hydrogens (tertiary/aromatic N) is 2. The van der Waals surface area contributed by atoms with Gasteiger partial charge in [0.1, 0.15) is 5.82 Å². The first-order chi connectivity index (χ1) is 12.4. The Morgan fingerprint density at radius 1 is 1.27 bits per heavy atom. The van der Waals surface area contributed by atoms with Gasteiger partial charge < -0.3 is 14.8 Å². The number of piperidine rings is 1. The Bertz CT molecular complexity index is 821. The van der Waals surface area contributed by atoms with Crippen molar-refractivity contribution in [3.63, 3.8) is 0 Å². The zero-order valence-electron chi connectivity index (χ0n) is 14.6. The molecule has 2 aliphatic rings. The number of rotatable bonds is 4. The first-order valence-electron chi connectivity index (χ1n) is 9.01. The normalized spacial score (nSPS) is 26.0. The van der Waals surface area contributed by atoms with Gasteiger partial charge in [-0.05, 0) is 50.9 Å². The molecule has 3 atom stereocenters. The fourth-order valence-corrected chi connectivity index (χ4v) is 4.54. The van der Waals surface area contributed by atoms with E-state index in [4.69, 9.17) is 0 Å². The molecule has 3 heterocycles. The first-order valence-corrected chi connectivity index (χ1v) is 9.01. The molecule has 1 aromatic heterocycles. The number of hydrogen-bond donors (Lipinski definition) is 1. The lowest BCUT2D eigenvalue weighted by Crippen LogP contribution is -2.48. The maximum absolute atomic E-state index is 13.7. The van der Waals surface area contributed by atoms with Crippen molar-refractivity contribution in [1.82, 2.24) is 14.8 Å². The average molecular weight is 365 g/mol. The molecule has 1 aromatic carbocycles. The number of fused-ring (bicyclic) bond motifs is 3. The lowest BCUT2D eigenvalue weighted by Gasteiger charge is -2.36. The van der Waals surface area contributed by atoms with E-state index >= 15 is 0 Å². The number of benzene rings is 1. The van der Waals surface area contributed by atoms with E-state index < -0.39 is 18.8 Å². The van der Waals surface area contributed by atoms with E-state index in [1.807, 2.05) is 0 Å². The van der Waals surface area contributed by atoms with Crippen LogP contribution < -0.4 is 5.32 Å². The predicted molar refractivity (Wildman–Crippen MR) is 93.0 cm³/mol. The number of alkyl halides is 2. The monoisotopic (exact) mass is 365 g/mol. The lowest BCUT2D eigenvalue weighted by atomic mass is 9.97. The van der Waals surface area contributed by atoms with Gasteiger partial charge in [0.25, 0.3) is 12.3 Å². The molecule has 26 heavy (non-hydrogen) atoms.